The fourth-order valence-electron chi connectivity index (χ4n) is 7.67. The molecule has 3 heterocycles. The van der Waals surface area contributed by atoms with Crippen LogP contribution < -0.4 is 10.6 Å². The van der Waals surface area contributed by atoms with Crippen molar-refractivity contribution in [2.75, 3.05) is 0 Å². The number of hydrogen-bond acceptors (Lipinski definition) is 3. The Hall–Kier alpha value is -6.43. The van der Waals surface area contributed by atoms with Gasteiger partial charge >= 0.3 is 0 Å². The largest absolute Gasteiger partial charge is 0.350 e. The van der Waals surface area contributed by atoms with E-state index < -0.39 is 0 Å². The zero-order valence-electron chi connectivity index (χ0n) is 27.2. The Kier molecular flexibility index (Phi) is 6.64. The molecule has 50 heavy (non-hydrogen) atoms. The summed E-state index contributed by atoms with van der Waals surface area (Å²) in [5, 5.41) is 12.5. The third-order valence-corrected chi connectivity index (χ3v) is 10.0. The minimum atomic E-state index is -0.368. The fraction of sp³-hybridized carbons (Fsp3) is 0.0444. The summed E-state index contributed by atoms with van der Waals surface area (Å²) < 4.78 is 4.77. The number of aliphatic imine (C=N–C) groups is 1. The Labute approximate surface area is 289 Å². The third-order valence-electron chi connectivity index (χ3n) is 10.0. The number of aromatic nitrogens is 2. The number of benzene rings is 7. The zero-order valence-corrected chi connectivity index (χ0v) is 27.2. The van der Waals surface area contributed by atoms with E-state index in [4.69, 9.17) is 4.99 Å². The minimum absolute atomic E-state index is 0.169. The summed E-state index contributed by atoms with van der Waals surface area (Å²) in [4.78, 5) is 5.38. The van der Waals surface area contributed by atoms with Crippen molar-refractivity contribution in [3.8, 4) is 16.8 Å². The Morgan fingerprint density at radius 3 is 1.70 bits per heavy atom. The number of fused-ring (bicyclic) bond motifs is 6. The highest BCUT2D eigenvalue weighted by atomic mass is 15.4. The van der Waals surface area contributed by atoms with Crippen molar-refractivity contribution >= 4 is 49.4 Å². The molecule has 0 fully saturated rings. The van der Waals surface area contributed by atoms with E-state index >= 15 is 0 Å². The molecule has 5 heteroatoms. The molecule has 0 saturated heterocycles. The first-order valence-electron chi connectivity index (χ1n) is 17.1. The van der Waals surface area contributed by atoms with Gasteiger partial charge in [-0.2, -0.15) is 0 Å². The molecule has 1 aliphatic heterocycles. The van der Waals surface area contributed by atoms with E-state index in [1.807, 2.05) is 6.07 Å². The predicted octanol–water partition coefficient (Wildman–Crippen LogP) is 10.4. The lowest BCUT2D eigenvalue weighted by molar-refractivity contribution is 0.341. The van der Waals surface area contributed by atoms with Crippen LogP contribution in [0, 0.1) is 0 Å². The van der Waals surface area contributed by atoms with Gasteiger partial charge in [0.15, 0.2) is 6.29 Å². The van der Waals surface area contributed by atoms with Crippen LogP contribution in [0.4, 0.5) is 0 Å². The maximum absolute atomic E-state index is 5.38. The molecule has 2 atom stereocenters. The molecule has 0 saturated carbocycles. The molecule has 238 valence electrons. The molecule has 0 amide bonds. The van der Waals surface area contributed by atoms with Gasteiger partial charge in [-0.1, -0.05) is 140 Å². The predicted molar refractivity (Wildman–Crippen MR) is 207 cm³/mol. The Balaban J connectivity index is 1.18. The van der Waals surface area contributed by atoms with Crippen LogP contribution in [0.5, 0.6) is 0 Å². The van der Waals surface area contributed by atoms with Gasteiger partial charge < -0.3 is 14.5 Å². The van der Waals surface area contributed by atoms with E-state index in [1.54, 1.807) is 0 Å². The highest BCUT2D eigenvalue weighted by Gasteiger charge is 2.28. The van der Waals surface area contributed by atoms with Crippen LogP contribution in [0.2, 0.25) is 0 Å². The second-order valence-corrected chi connectivity index (χ2v) is 12.9. The number of hydrogen-bond donors (Lipinski definition) is 2. The van der Waals surface area contributed by atoms with Crippen LogP contribution in [-0.4, -0.2) is 15.0 Å². The molecule has 5 nitrogen and oxygen atoms in total. The molecule has 0 bridgehead atoms. The quantitative estimate of drug-likeness (QED) is 0.196. The molecular formula is C45H33N5. The molecule has 1 aliphatic rings. The lowest BCUT2D eigenvalue weighted by Crippen LogP contribution is -2.46. The average molecular weight is 644 g/mol. The van der Waals surface area contributed by atoms with Gasteiger partial charge in [0.25, 0.3) is 0 Å². The monoisotopic (exact) mass is 643 g/mol. The van der Waals surface area contributed by atoms with Gasteiger partial charge in [0.05, 0.1) is 22.1 Å². The van der Waals surface area contributed by atoms with E-state index in [-0.39, 0.29) is 12.5 Å². The van der Waals surface area contributed by atoms with Crippen molar-refractivity contribution in [1.82, 2.24) is 19.8 Å². The van der Waals surface area contributed by atoms with Crippen molar-refractivity contribution in [2.24, 2.45) is 4.99 Å². The van der Waals surface area contributed by atoms with Crippen molar-refractivity contribution < 1.29 is 0 Å². The molecule has 0 spiro atoms. The van der Waals surface area contributed by atoms with Crippen LogP contribution in [0.3, 0.4) is 0 Å². The normalized spacial score (nSPS) is 16.2. The van der Waals surface area contributed by atoms with Crippen LogP contribution in [0.25, 0.3) is 60.4 Å². The summed E-state index contributed by atoms with van der Waals surface area (Å²) in [5.74, 6) is 0.860. The standard InChI is InChI=1S/C45H33N5/c1-4-14-30(15-5-1)31-24-26-33(27-25-31)44-46-43(32-16-6-2-7-17-32)47-45(48-44)50-40-23-13-11-21-36(40)38-28-41-37(29-42(38)50)35-20-10-12-22-39(35)49(41)34-18-8-3-9-19-34/h1-29,44-45,48H,(H,46,47). The van der Waals surface area contributed by atoms with Crippen LogP contribution in [-0.2, 0) is 0 Å². The maximum atomic E-state index is 5.38. The zero-order chi connectivity index (χ0) is 33.0. The molecule has 0 radical (unpaired) electrons. The van der Waals surface area contributed by atoms with E-state index in [0.29, 0.717) is 0 Å². The second-order valence-electron chi connectivity index (χ2n) is 12.9. The van der Waals surface area contributed by atoms with E-state index in [9.17, 15) is 0 Å². The number of rotatable bonds is 5. The third kappa shape index (κ3) is 4.63. The fourth-order valence-corrected chi connectivity index (χ4v) is 7.67. The first kappa shape index (κ1) is 28.6. The maximum Gasteiger partial charge on any atom is 0.184 e. The lowest BCUT2D eigenvalue weighted by atomic mass is 10.0. The summed E-state index contributed by atoms with van der Waals surface area (Å²) in [6, 6.07) is 62.6. The summed E-state index contributed by atoms with van der Waals surface area (Å²) in [7, 11) is 0. The number of nitrogens with zero attached hydrogens (tertiary/aromatic N) is 3. The highest BCUT2D eigenvalue weighted by molar-refractivity contribution is 6.18. The van der Waals surface area contributed by atoms with Crippen molar-refractivity contribution in [1.29, 1.82) is 0 Å². The highest BCUT2D eigenvalue weighted by Crippen LogP contribution is 2.40. The van der Waals surface area contributed by atoms with E-state index in [1.165, 1.54) is 43.7 Å². The van der Waals surface area contributed by atoms with Gasteiger partial charge in [0.2, 0.25) is 0 Å². The number of amidine groups is 1. The SMILES string of the molecule is c1ccc(C2=NC(n3c4ccccc4c4cc5c(cc43)c3ccccc3n5-c3ccccc3)NC(c3ccc(-c4ccccc4)cc3)N2)cc1. The van der Waals surface area contributed by atoms with Crippen LogP contribution >= 0.6 is 0 Å². The van der Waals surface area contributed by atoms with Gasteiger partial charge in [-0.15, -0.1) is 0 Å². The molecule has 7 aromatic carbocycles. The molecule has 10 rings (SSSR count). The number of para-hydroxylation sites is 3. The Bertz CT molecular complexity index is 2690. The van der Waals surface area contributed by atoms with Crippen molar-refractivity contribution in [2.45, 2.75) is 12.5 Å². The molecule has 2 aromatic heterocycles. The first-order chi connectivity index (χ1) is 24.8. The topological polar surface area (TPSA) is 46.3 Å². The van der Waals surface area contributed by atoms with Gasteiger partial charge in [0.1, 0.15) is 12.0 Å². The van der Waals surface area contributed by atoms with E-state index in [0.717, 1.165) is 33.7 Å². The molecule has 9 aromatic rings. The number of nitrogens with one attached hydrogen (secondary N) is 2. The van der Waals surface area contributed by atoms with Crippen LogP contribution in [0.15, 0.2) is 181 Å². The smallest absolute Gasteiger partial charge is 0.184 e. The van der Waals surface area contributed by atoms with Gasteiger partial charge in [-0.25, -0.2) is 4.99 Å². The van der Waals surface area contributed by atoms with Crippen molar-refractivity contribution in [3.05, 3.63) is 187 Å². The average Bonchev–Trinajstić information content (AvgIpc) is 3.70. The van der Waals surface area contributed by atoms with Gasteiger partial charge in [-0.3, -0.25) is 5.32 Å². The minimum Gasteiger partial charge on any atom is -0.350 e. The molecule has 2 unspecified atom stereocenters. The van der Waals surface area contributed by atoms with Gasteiger partial charge in [0, 0.05) is 32.8 Å². The molecule has 0 aliphatic carbocycles. The van der Waals surface area contributed by atoms with Gasteiger partial charge in [-0.05, 0) is 53.1 Å². The second kappa shape index (κ2) is 11.6. The Morgan fingerprint density at radius 1 is 0.440 bits per heavy atom. The summed E-state index contributed by atoms with van der Waals surface area (Å²) in [6.07, 6.45) is -0.537. The summed E-state index contributed by atoms with van der Waals surface area (Å²) in [5.41, 5.74) is 10.4. The summed E-state index contributed by atoms with van der Waals surface area (Å²) >= 11 is 0. The first-order valence-corrected chi connectivity index (χ1v) is 17.1. The van der Waals surface area contributed by atoms with Crippen LogP contribution in [0.1, 0.15) is 23.6 Å². The molecule has 2 N–H and O–H groups in total. The lowest BCUT2D eigenvalue weighted by Gasteiger charge is -2.33. The molecular weight excluding hydrogens is 611 g/mol. The summed E-state index contributed by atoms with van der Waals surface area (Å²) in [6.45, 7) is 0. The Morgan fingerprint density at radius 2 is 0.980 bits per heavy atom. The van der Waals surface area contributed by atoms with Crippen molar-refractivity contribution in [3.63, 3.8) is 0 Å². The van der Waals surface area contributed by atoms with E-state index in [2.05, 4.69) is 190 Å².